The predicted molar refractivity (Wildman–Crippen MR) is 101 cm³/mol. The largest absolute Gasteiger partial charge is 0.308 e. The minimum Gasteiger partial charge on any atom is -0.308 e. The van der Waals surface area contributed by atoms with Gasteiger partial charge in [-0.15, -0.1) is 0 Å². The Balaban J connectivity index is 2.21. The van der Waals surface area contributed by atoms with E-state index in [9.17, 15) is 0 Å². The molecule has 0 aromatic heterocycles. The third-order valence-corrected chi connectivity index (χ3v) is 4.50. The van der Waals surface area contributed by atoms with Crippen LogP contribution in [0.15, 0.2) is 48.1 Å². The van der Waals surface area contributed by atoms with Gasteiger partial charge in [0.25, 0.3) is 0 Å². The molecule has 2 heteroatoms. The van der Waals surface area contributed by atoms with E-state index in [0.29, 0.717) is 5.92 Å². The molecule has 1 N–H and O–H groups in total. The van der Waals surface area contributed by atoms with Crippen LogP contribution in [0.3, 0.4) is 0 Å². The van der Waals surface area contributed by atoms with Gasteiger partial charge in [0.15, 0.2) is 0 Å². The Morgan fingerprint density at radius 2 is 1.91 bits per heavy atom. The Hall–Kier alpha value is -1.38. The first-order valence-corrected chi connectivity index (χ1v) is 8.82. The van der Waals surface area contributed by atoms with Gasteiger partial charge in [-0.2, -0.15) is 0 Å². The van der Waals surface area contributed by atoms with Crippen LogP contribution in [0.5, 0.6) is 0 Å². The Morgan fingerprint density at radius 1 is 1.17 bits per heavy atom. The van der Waals surface area contributed by atoms with Crippen LogP contribution >= 0.6 is 0 Å². The van der Waals surface area contributed by atoms with Gasteiger partial charge in [-0.3, -0.25) is 0 Å². The van der Waals surface area contributed by atoms with Gasteiger partial charge in [-0.25, -0.2) is 0 Å². The summed E-state index contributed by atoms with van der Waals surface area (Å²) < 4.78 is 0. The summed E-state index contributed by atoms with van der Waals surface area (Å²) in [5.74, 6) is 0.397. The van der Waals surface area contributed by atoms with Gasteiger partial charge in [-0.05, 0) is 57.6 Å². The SMILES string of the molecule is CCCCNC(C)(C)c1ccccc1C1C=CC(CN(C)C)=C1. The summed E-state index contributed by atoms with van der Waals surface area (Å²) in [7, 11) is 4.24. The van der Waals surface area contributed by atoms with Crippen molar-refractivity contribution < 1.29 is 0 Å². The summed E-state index contributed by atoms with van der Waals surface area (Å²) in [6.45, 7) is 8.91. The lowest BCUT2D eigenvalue weighted by atomic mass is 9.84. The van der Waals surface area contributed by atoms with Gasteiger partial charge in [-0.1, -0.05) is 55.8 Å². The quantitative estimate of drug-likeness (QED) is 0.713. The normalized spacial score (nSPS) is 17.8. The maximum Gasteiger partial charge on any atom is 0.0380 e. The fourth-order valence-corrected chi connectivity index (χ4v) is 3.26. The number of nitrogens with one attached hydrogen (secondary N) is 1. The number of unbranched alkanes of at least 4 members (excludes halogenated alkanes) is 1. The highest BCUT2D eigenvalue weighted by atomic mass is 15.0. The van der Waals surface area contributed by atoms with Crippen molar-refractivity contribution >= 4 is 0 Å². The molecule has 0 bridgehead atoms. The van der Waals surface area contributed by atoms with Crippen LogP contribution in [0.25, 0.3) is 0 Å². The first-order valence-electron chi connectivity index (χ1n) is 8.82. The molecular formula is C21H32N2. The van der Waals surface area contributed by atoms with Gasteiger partial charge in [0.2, 0.25) is 0 Å². The van der Waals surface area contributed by atoms with E-state index in [2.05, 4.69) is 87.6 Å². The molecule has 23 heavy (non-hydrogen) atoms. The summed E-state index contributed by atoms with van der Waals surface area (Å²) >= 11 is 0. The van der Waals surface area contributed by atoms with E-state index < -0.39 is 0 Å². The fourth-order valence-electron chi connectivity index (χ4n) is 3.26. The molecule has 0 amide bonds. The lowest BCUT2D eigenvalue weighted by Crippen LogP contribution is -2.38. The lowest BCUT2D eigenvalue weighted by Gasteiger charge is -2.30. The summed E-state index contributed by atoms with van der Waals surface area (Å²) in [6.07, 6.45) is 9.47. The highest BCUT2D eigenvalue weighted by molar-refractivity contribution is 5.45. The Labute approximate surface area is 142 Å². The molecule has 2 nitrogen and oxygen atoms in total. The number of allylic oxidation sites excluding steroid dienone is 2. The number of benzene rings is 1. The van der Waals surface area contributed by atoms with Crippen molar-refractivity contribution in [3.63, 3.8) is 0 Å². The van der Waals surface area contributed by atoms with Crippen molar-refractivity contribution in [2.24, 2.45) is 0 Å². The molecule has 1 aliphatic rings. The molecule has 0 spiro atoms. The van der Waals surface area contributed by atoms with E-state index in [1.807, 2.05) is 0 Å². The van der Waals surface area contributed by atoms with Gasteiger partial charge in [0.05, 0.1) is 0 Å². The number of nitrogens with zero attached hydrogens (tertiary/aromatic N) is 1. The Bertz CT molecular complexity index is 567. The van der Waals surface area contributed by atoms with Crippen molar-refractivity contribution in [2.75, 3.05) is 27.2 Å². The van der Waals surface area contributed by atoms with Crippen molar-refractivity contribution in [2.45, 2.75) is 45.1 Å². The predicted octanol–water partition coefficient (Wildman–Crippen LogP) is 4.45. The van der Waals surface area contributed by atoms with E-state index in [4.69, 9.17) is 0 Å². The van der Waals surface area contributed by atoms with Crippen molar-refractivity contribution in [3.8, 4) is 0 Å². The maximum absolute atomic E-state index is 3.73. The molecule has 0 aliphatic heterocycles. The summed E-state index contributed by atoms with van der Waals surface area (Å²) in [4.78, 5) is 2.22. The van der Waals surface area contributed by atoms with E-state index in [-0.39, 0.29) is 5.54 Å². The first kappa shape index (κ1) is 18.0. The lowest BCUT2D eigenvalue weighted by molar-refractivity contribution is 0.396. The van der Waals surface area contributed by atoms with Crippen molar-refractivity contribution in [3.05, 3.63) is 59.2 Å². The van der Waals surface area contributed by atoms with E-state index >= 15 is 0 Å². The van der Waals surface area contributed by atoms with E-state index in [1.165, 1.54) is 29.5 Å². The molecule has 1 aliphatic carbocycles. The van der Waals surface area contributed by atoms with Crippen LogP contribution in [0, 0.1) is 0 Å². The topological polar surface area (TPSA) is 15.3 Å². The van der Waals surface area contributed by atoms with E-state index in [1.54, 1.807) is 0 Å². The summed E-state index contributed by atoms with van der Waals surface area (Å²) in [5, 5.41) is 3.73. The monoisotopic (exact) mass is 312 g/mol. The smallest absolute Gasteiger partial charge is 0.0380 e. The second-order valence-corrected chi connectivity index (χ2v) is 7.36. The summed E-state index contributed by atoms with van der Waals surface area (Å²) in [6, 6.07) is 8.88. The zero-order valence-electron chi connectivity index (χ0n) is 15.4. The first-order chi connectivity index (χ1) is 10.9. The molecular weight excluding hydrogens is 280 g/mol. The van der Waals surface area contributed by atoms with Crippen LogP contribution in [0.2, 0.25) is 0 Å². The minimum atomic E-state index is -0.00224. The number of hydrogen-bond donors (Lipinski definition) is 1. The molecule has 1 unspecified atom stereocenters. The molecule has 0 heterocycles. The van der Waals surface area contributed by atoms with Gasteiger partial charge in [0.1, 0.15) is 0 Å². The zero-order chi connectivity index (χ0) is 16.9. The standard InChI is InChI=1S/C21H32N2/c1-6-7-14-22-21(2,3)20-11-9-8-10-19(20)18-13-12-17(15-18)16-23(4)5/h8-13,15,18,22H,6-7,14,16H2,1-5H3. The Morgan fingerprint density at radius 3 is 2.61 bits per heavy atom. The molecule has 2 rings (SSSR count). The third kappa shape index (κ3) is 4.79. The summed E-state index contributed by atoms with van der Waals surface area (Å²) in [5.41, 5.74) is 4.24. The molecule has 1 aromatic rings. The molecule has 126 valence electrons. The van der Waals surface area contributed by atoms with Gasteiger partial charge in [0, 0.05) is 18.0 Å². The van der Waals surface area contributed by atoms with Gasteiger partial charge >= 0.3 is 0 Å². The molecule has 0 saturated carbocycles. The zero-order valence-corrected chi connectivity index (χ0v) is 15.4. The van der Waals surface area contributed by atoms with Crippen molar-refractivity contribution in [1.29, 1.82) is 0 Å². The average Bonchev–Trinajstić information content (AvgIpc) is 2.95. The number of hydrogen-bond acceptors (Lipinski definition) is 2. The highest BCUT2D eigenvalue weighted by Gasteiger charge is 2.25. The molecule has 0 radical (unpaired) electrons. The average molecular weight is 313 g/mol. The highest BCUT2D eigenvalue weighted by Crippen LogP contribution is 2.34. The van der Waals surface area contributed by atoms with Crippen molar-refractivity contribution in [1.82, 2.24) is 10.2 Å². The number of rotatable bonds is 8. The van der Waals surface area contributed by atoms with Gasteiger partial charge < -0.3 is 10.2 Å². The van der Waals surface area contributed by atoms with Crippen LogP contribution in [-0.2, 0) is 5.54 Å². The molecule has 1 atom stereocenters. The van der Waals surface area contributed by atoms with Crippen LogP contribution < -0.4 is 5.32 Å². The molecule has 1 aromatic carbocycles. The molecule has 0 saturated heterocycles. The van der Waals surface area contributed by atoms with Crippen LogP contribution in [0.4, 0.5) is 0 Å². The second-order valence-electron chi connectivity index (χ2n) is 7.36. The van der Waals surface area contributed by atoms with Crippen LogP contribution in [0.1, 0.15) is 50.7 Å². The second kappa shape index (κ2) is 7.94. The number of likely N-dealkylation sites (N-methyl/N-ethyl adjacent to an activating group) is 1. The molecule has 0 fully saturated rings. The fraction of sp³-hybridized carbons (Fsp3) is 0.524. The minimum absolute atomic E-state index is 0.00224. The maximum atomic E-state index is 3.73. The Kier molecular flexibility index (Phi) is 6.20. The van der Waals surface area contributed by atoms with E-state index in [0.717, 1.165) is 13.1 Å². The third-order valence-electron chi connectivity index (χ3n) is 4.50. The van der Waals surface area contributed by atoms with Crippen LogP contribution in [-0.4, -0.2) is 32.1 Å².